The maximum absolute atomic E-state index is 13.4. The number of amides is 2. The van der Waals surface area contributed by atoms with E-state index >= 15 is 0 Å². The quantitative estimate of drug-likeness (QED) is 0.361. The molecule has 172 valence electrons. The Labute approximate surface area is 207 Å². The molecular weight excluding hydrogens is 473 g/mol. The van der Waals surface area contributed by atoms with Gasteiger partial charge in [0.15, 0.2) is 0 Å². The third-order valence-corrected chi connectivity index (χ3v) is 5.92. The normalized spacial score (nSPS) is 10.7. The van der Waals surface area contributed by atoms with E-state index in [1.807, 2.05) is 48.5 Å². The molecule has 0 aliphatic rings. The van der Waals surface area contributed by atoms with E-state index in [0.717, 1.165) is 11.3 Å². The van der Waals surface area contributed by atoms with Crippen LogP contribution in [0.4, 0.5) is 5.69 Å². The third kappa shape index (κ3) is 4.98. The summed E-state index contributed by atoms with van der Waals surface area (Å²) < 4.78 is 5.23. The molecule has 1 heterocycles. The van der Waals surface area contributed by atoms with E-state index in [1.165, 1.54) is 4.90 Å². The molecule has 0 bridgehead atoms. The summed E-state index contributed by atoms with van der Waals surface area (Å²) in [6.07, 6.45) is 0. The highest BCUT2D eigenvalue weighted by atomic mass is 35.5. The number of fused-ring (bicyclic) bond motifs is 1. The predicted octanol–water partition coefficient (Wildman–Crippen LogP) is 5.93. The van der Waals surface area contributed by atoms with Crippen molar-refractivity contribution in [2.75, 3.05) is 26.0 Å². The first-order valence-corrected chi connectivity index (χ1v) is 11.2. The molecule has 2 amide bonds. The van der Waals surface area contributed by atoms with Crippen molar-refractivity contribution < 1.29 is 14.3 Å². The molecule has 6 nitrogen and oxygen atoms in total. The molecule has 4 rings (SSSR count). The fourth-order valence-electron chi connectivity index (χ4n) is 3.55. The number of carbonyl (C=O) groups is 2. The van der Waals surface area contributed by atoms with Gasteiger partial charge in [0, 0.05) is 18.0 Å². The van der Waals surface area contributed by atoms with Crippen molar-refractivity contribution in [3.8, 4) is 17.0 Å². The molecule has 0 saturated carbocycles. The first kappa shape index (κ1) is 23.5. The third-order valence-electron chi connectivity index (χ3n) is 5.29. The van der Waals surface area contributed by atoms with E-state index in [0.29, 0.717) is 37.9 Å². The van der Waals surface area contributed by atoms with Gasteiger partial charge in [-0.1, -0.05) is 47.5 Å². The topological polar surface area (TPSA) is 71.5 Å². The SMILES string of the molecule is COc1ccc(-c2cc(C(=O)N(C)CC(=O)Nc3c(Cl)cccc3Cl)c3ccccc3n2)cc1. The van der Waals surface area contributed by atoms with Crippen molar-refractivity contribution in [2.24, 2.45) is 0 Å². The Morgan fingerprint density at radius 1 is 0.971 bits per heavy atom. The van der Waals surface area contributed by atoms with E-state index in [4.69, 9.17) is 32.9 Å². The minimum absolute atomic E-state index is 0.186. The lowest BCUT2D eigenvalue weighted by Crippen LogP contribution is -2.35. The smallest absolute Gasteiger partial charge is 0.254 e. The first-order valence-electron chi connectivity index (χ1n) is 10.4. The largest absolute Gasteiger partial charge is 0.497 e. The van der Waals surface area contributed by atoms with Gasteiger partial charge in [-0.05, 0) is 48.5 Å². The van der Waals surface area contributed by atoms with Gasteiger partial charge in [-0.25, -0.2) is 4.98 Å². The number of pyridine rings is 1. The maximum atomic E-state index is 13.4. The molecule has 1 aromatic heterocycles. The second-order valence-corrected chi connectivity index (χ2v) is 8.42. The van der Waals surface area contributed by atoms with Crippen LogP contribution in [0, 0.1) is 0 Å². The molecule has 8 heteroatoms. The van der Waals surface area contributed by atoms with E-state index in [9.17, 15) is 9.59 Å². The Kier molecular flexibility index (Phi) is 7.01. The Balaban J connectivity index is 1.62. The molecule has 3 aromatic carbocycles. The fourth-order valence-corrected chi connectivity index (χ4v) is 4.04. The highest BCUT2D eigenvalue weighted by Crippen LogP contribution is 2.30. The first-order chi connectivity index (χ1) is 16.4. The molecule has 0 saturated heterocycles. The van der Waals surface area contributed by atoms with Crippen molar-refractivity contribution in [1.82, 2.24) is 9.88 Å². The van der Waals surface area contributed by atoms with Gasteiger partial charge in [-0.2, -0.15) is 0 Å². The number of ether oxygens (including phenoxy) is 1. The number of hydrogen-bond donors (Lipinski definition) is 1. The molecule has 0 fully saturated rings. The minimum Gasteiger partial charge on any atom is -0.497 e. The van der Waals surface area contributed by atoms with Gasteiger partial charge < -0.3 is 15.0 Å². The van der Waals surface area contributed by atoms with Crippen LogP contribution in [0.1, 0.15) is 10.4 Å². The summed E-state index contributed by atoms with van der Waals surface area (Å²) in [6.45, 7) is -0.186. The van der Waals surface area contributed by atoms with Gasteiger partial charge >= 0.3 is 0 Å². The number of likely N-dealkylation sites (N-methyl/N-ethyl adjacent to an activating group) is 1. The monoisotopic (exact) mass is 493 g/mol. The second kappa shape index (κ2) is 10.1. The van der Waals surface area contributed by atoms with Gasteiger partial charge in [-0.3, -0.25) is 9.59 Å². The standard InChI is InChI=1S/C26H21Cl2N3O3/c1-31(15-24(32)30-25-20(27)7-5-8-21(25)28)26(33)19-14-23(16-10-12-17(34-2)13-11-16)29-22-9-4-3-6-18(19)22/h3-14H,15H2,1-2H3,(H,30,32). The number of aromatic nitrogens is 1. The summed E-state index contributed by atoms with van der Waals surface area (Å²) in [6, 6.07) is 21.5. The van der Waals surface area contributed by atoms with Gasteiger partial charge in [-0.15, -0.1) is 0 Å². The minimum atomic E-state index is -0.417. The number of anilines is 1. The predicted molar refractivity (Wildman–Crippen MR) is 136 cm³/mol. The van der Waals surface area contributed by atoms with E-state index in [-0.39, 0.29) is 12.5 Å². The number of halogens is 2. The van der Waals surface area contributed by atoms with Crippen molar-refractivity contribution in [3.05, 3.63) is 88.4 Å². The number of nitrogens with one attached hydrogen (secondary N) is 1. The van der Waals surface area contributed by atoms with Crippen LogP contribution in [-0.4, -0.2) is 42.4 Å². The van der Waals surface area contributed by atoms with Crippen molar-refractivity contribution in [3.63, 3.8) is 0 Å². The van der Waals surface area contributed by atoms with Crippen LogP contribution >= 0.6 is 23.2 Å². The molecule has 34 heavy (non-hydrogen) atoms. The Hall–Kier alpha value is -3.61. The Bertz CT molecular complexity index is 1350. The molecule has 4 aromatic rings. The molecule has 0 spiro atoms. The van der Waals surface area contributed by atoms with Crippen molar-refractivity contribution in [2.45, 2.75) is 0 Å². The number of methoxy groups -OCH3 is 1. The molecule has 0 aliphatic carbocycles. The van der Waals surface area contributed by atoms with Crippen LogP contribution in [0.3, 0.4) is 0 Å². The van der Waals surface area contributed by atoms with Crippen LogP contribution in [-0.2, 0) is 4.79 Å². The molecule has 0 radical (unpaired) electrons. The number of nitrogens with zero attached hydrogens (tertiary/aromatic N) is 2. The Morgan fingerprint density at radius 3 is 2.32 bits per heavy atom. The van der Waals surface area contributed by atoms with Gasteiger partial charge in [0.2, 0.25) is 5.91 Å². The van der Waals surface area contributed by atoms with E-state index in [2.05, 4.69) is 5.32 Å². The van der Waals surface area contributed by atoms with Gasteiger partial charge in [0.1, 0.15) is 5.75 Å². The zero-order valence-electron chi connectivity index (χ0n) is 18.5. The fraction of sp³-hybridized carbons (Fsp3) is 0.115. The summed E-state index contributed by atoms with van der Waals surface area (Å²) in [5.74, 6) is -0.00133. The number of carbonyl (C=O) groups excluding carboxylic acids is 2. The molecular formula is C26H21Cl2N3O3. The van der Waals surface area contributed by atoms with Crippen molar-refractivity contribution in [1.29, 1.82) is 0 Å². The van der Waals surface area contributed by atoms with E-state index in [1.54, 1.807) is 38.4 Å². The summed E-state index contributed by atoms with van der Waals surface area (Å²) in [5, 5.41) is 4.02. The summed E-state index contributed by atoms with van der Waals surface area (Å²) >= 11 is 12.3. The number of hydrogen-bond acceptors (Lipinski definition) is 4. The van der Waals surface area contributed by atoms with Gasteiger partial charge in [0.25, 0.3) is 5.91 Å². The zero-order valence-corrected chi connectivity index (χ0v) is 20.0. The number of benzene rings is 3. The lowest BCUT2D eigenvalue weighted by atomic mass is 10.0. The highest BCUT2D eigenvalue weighted by Gasteiger charge is 2.20. The average molecular weight is 494 g/mol. The zero-order chi connectivity index (χ0) is 24.2. The summed E-state index contributed by atoms with van der Waals surface area (Å²) in [7, 11) is 3.17. The van der Waals surface area contributed by atoms with Crippen LogP contribution in [0.15, 0.2) is 72.8 Å². The highest BCUT2D eigenvalue weighted by molar-refractivity contribution is 6.39. The van der Waals surface area contributed by atoms with Crippen LogP contribution in [0.25, 0.3) is 22.2 Å². The maximum Gasteiger partial charge on any atom is 0.254 e. The average Bonchev–Trinajstić information content (AvgIpc) is 2.85. The van der Waals surface area contributed by atoms with Crippen molar-refractivity contribution >= 4 is 51.6 Å². The van der Waals surface area contributed by atoms with Crippen LogP contribution < -0.4 is 10.1 Å². The summed E-state index contributed by atoms with van der Waals surface area (Å²) in [5.41, 5.74) is 2.93. The number of rotatable bonds is 6. The lowest BCUT2D eigenvalue weighted by molar-refractivity contribution is -0.116. The molecule has 0 aliphatic heterocycles. The number of para-hydroxylation sites is 2. The Morgan fingerprint density at radius 2 is 1.65 bits per heavy atom. The molecule has 0 atom stereocenters. The van der Waals surface area contributed by atoms with E-state index < -0.39 is 5.91 Å². The summed E-state index contributed by atoms with van der Waals surface area (Å²) in [4.78, 5) is 32.1. The van der Waals surface area contributed by atoms with Crippen LogP contribution in [0.2, 0.25) is 10.0 Å². The molecule has 1 N–H and O–H groups in total. The second-order valence-electron chi connectivity index (χ2n) is 7.61. The van der Waals surface area contributed by atoms with Crippen LogP contribution in [0.5, 0.6) is 5.75 Å². The lowest BCUT2D eigenvalue weighted by Gasteiger charge is -2.19. The molecule has 0 unspecified atom stereocenters. The van der Waals surface area contributed by atoms with Gasteiger partial charge in [0.05, 0.1) is 46.2 Å².